The number of carbonyl (C=O) groups is 1. The van der Waals surface area contributed by atoms with Crippen LogP contribution >= 0.6 is 0 Å². The second-order valence-corrected chi connectivity index (χ2v) is 9.97. The standard InChI is InChI=1S/C21H31N3O4S/c1-16(14-17-6-4-3-5-7-17)19-15-20(19)24(21(25)26)18-8-11-23(12-9-18)13-10-22-29(2,27)28/h3-7,14,18-20,22H,8-13,15H2,1-2H3,(H,25,26)/b16-14+/t19-,20+/m0/s1. The van der Waals surface area contributed by atoms with E-state index in [1.807, 2.05) is 18.2 Å². The van der Waals surface area contributed by atoms with E-state index in [1.165, 1.54) is 5.57 Å². The summed E-state index contributed by atoms with van der Waals surface area (Å²) in [6.07, 6.45) is 4.94. The van der Waals surface area contributed by atoms with Crippen molar-refractivity contribution >= 4 is 22.2 Å². The van der Waals surface area contributed by atoms with Crippen LogP contribution in [-0.4, -0.2) is 73.9 Å². The third-order valence-corrected chi connectivity index (χ3v) is 6.58. The molecule has 1 saturated carbocycles. The smallest absolute Gasteiger partial charge is 0.407 e. The molecule has 1 amide bonds. The molecule has 8 heteroatoms. The Morgan fingerprint density at radius 1 is 1.28 bits per heavy atom. The van der Waals surface area contributed by atoms with Crippen LogP contribution in [0.2, 0.25) is 0 Å². The Hall–Kier alpha value is -1.90. The van der Waals surface area contributed by atoms with Crippen molar-refractivity contribution in [2.75, 3.05) is 32.4 Å². The van der Waals surface area contributed by atoms with Crippen molar-refractivity contribution in [3.8, 4) is 0 Å². The first kappa shape index (κ1) is 21.8. The molecule has 0 aromatic heterocycles. The highest BCUT2D eigenvalue weighted by Gasteiger charge is 2.47. The van der Waals surface area contributed by atoms with E-state index in [0.717, 1.165) is 44.2 Å². The first-order valence-electron chi connectivity index (χ1n) is 10.2. The number of nitrogens with one attached hydrogen (secondary N) is 1. The summed E-state index contributed by atoms with van der Waals surface area (Å²) >= 11 is 0. The van der Waals surface area contributed by atoms with Crippen LogP contribution in [0.15, 0.2) is 35.9 Å². The molecule has 1 aromatic carbocycles. The Balaban J connectivity index is 1.53. The predicted octanol–water partition coefficient (Wildman–Crippen LogP) is 2.47. The molecule has 3 rings (SSSR count). The zero-order valence-electron chi connectivity index (χ0n) is 17.1. The fourth-order valence-corrected chi connectivity index (χ4v) is 4.74. The van der Waals surface area contributed by atoms with Gasteiger partial charge in [-0.1, -0.05) is 42.0 Å². The van der Waals surface area contributed by atoms with Gasteiger partial charge in [0.15, 0.2) is 0 Å². The van der Waals surface area contributed by atoms with E-state index in [2.05, 4.69) is 34.8 Å². The van der Waals surface area contributed by atoms with Crippen molar-refractivity contribution < 1.29 is 18.3 Å². The topological polar surface area (TPSA) is 90.0 Å². The van der Waals surface area contributed by atoms with Crippen LogP contribution in [0.25, 0.3) is 6.08 Å². The zero-order valence-corrected chi connectivity index (χ0v) is 17.9. The van der Waals surface area contributed by atoms with Gasteiger partial charge in [0.25, 0.3) is 0 Å². The molecule has 0 radical (unpaired) electrons. The molecule has 1 saturated heterocycles. The first-order valence-corrected chi connectivity index (χ1v) is 12.1. The summed E-state index contributed by atoms with van der Waals surface area (Å²) in [5, 5.41) is 9.84. The number of amides is 1. The van der Waals surface area contributed by atoms with E-state index in [4.69, 9.17) is 0 Å². The summed E-state index contributed by atoms with van der Waals surface area (Å²) in [4.78, 5) is 15.9. The highest BCUT2D eigenvalue weighted by atomic mass is 32.2. The minimum absolute atomic E-state index is 0.0335. The molecular formula is C21H31N3O4S. The van der Waals surface area contributed by atoms with E-state index in [1.54, 1.807) is 4.90 Å². The summed E-state index contributed by atoms with van der Waals surface area (Å²) < 4.78 is 24.8. The lowest BCUT2D eigenvalue weighted by molar-refractivity contribution is 0.0851. The molecule has 1 aliphatic heterocycles. The normalized spacial score (nSPS) is 23.7. The number of carboxylic acid groups (broad SMARTS) is 1. The van der Waals surface area contributed by atoms with Gasteiger partial charge in [0.05, 0.1) is 6.26 Å². The molecule has 0 unspecified atom stereocenters. The summed E-state index contributed by atoms with van der Waals surface area (Å²) in [6, 6.07) is 10.2. The molecule has 2 atom stereocenters. The number of piperidine rings is 1. The van der Waals surface area contributed by atoms with E-state index in [0.29, 0.717) is 19.0 Å². The minimum atomic E-state index is -3.17. The highest BCUT2D eigenvalue weighted by molar-refractivity contribution is 7.88. The molecule has 160 valence electrons. The summed E-state index contributed by atoms with van der Waals surface area (Å²) in [5.41, 5.74) is 2.38. The minimum Gasteiger partial charge on any atom is -0.465 e. The highest BCUT2D eigenvalue weighted by Crippen LogP contribution is 2.44. The second-order valence-electron chi connectivity index (χ2n) is 8.14. The van der Waals surface area contributed by atoms with Crippen molar-refractivity contribution in [1.82, 2.24) is 14.5 Å². The molecule has 2 N–H and O–H groups in total. The van der Waals surface area contributed by atoms with Crippen LogP contribution < -0.4 is 4.72 Å². The third-order valence-electron chi connectivity index (χ3n) is 5.86. The zero-order chi connectivity index (χ0) is 21.0. The quantitative estimate of drug-likeness (QED) is 0.673. The maximum Gasteiger partial charge on any atom is 0.407 e. The second kappa shape index (κ2) is 9.28. The molecule has 1 heterocycles. The van der Waals surface area contributed by atoms with E-state index in [-0.39, 0.29) is 12.1 Å². The average molecular weight is 422 g/mol. The van der Waals surface area contributed by atoms with Gasteiger partial charge in [-0.2, -0.15) is 0 Å². The average Bonchev–Trinajstić information content (AvgIpc) is 3.43. The predicted molar refractivity (Wildman–Crippen MR) is 114 cm³/mol. The van der Waals surface area contributed by atoms with Gasteiger partial charge in [-0.05, 0) is 31.7 Å². The first-order chi connectivity index (χ1) is 13.7. The number of benzene rings is 1. The molecule has 1 aliphatic carbocycles. The SMILES string of the molecule is C/C(=C\c1ccccc1)[C@@H]1C[C@H]1N(C(=O)O)C1CCN(CCNS(C)(=O)=O)CC1. The number of rotatable bonds is 8. The van der Waals surface area contributed by atoms with Gasteiger partial charge in [0.1, 0.15) is 0 Å². The Bertz CT molecular complexity index is 833. The lowest BCUT2D eigenvalue weighted by Gasteiger charge is -2.37. The van der Waals surface area contributed by atoms with Gasteiger partial charge in [0.2, 0.25) is 10.0 Å². The maximum absolute atomic E-state index is 12.0. The fraction of sp³-hybridized carbons (Fsp3) is 0.571. The van der Waals surface area contributed by atoms with Gasteiger partial charge in [-0.15, -0.1) is 0 Å². The molecule has 0 bridgehead atoms. The van der Waals surface area contributed by atoms with Crippen LogP contribution in [0.5, 0.6) is 0 Å². The van der Waals surface area contributed by atoms with E-state index >= 15 is 0 Å². The molecular weight excluding hydrogens is 390 g/mol. The molecule has 2 aliphatic rings. The molecule has 1 aromatic rings. The number of nitrogens with zero attached hydrogens (tertiary/aromatic N) is 2. The van der Waals surface area contributed by atoms with Gasteiger partial charge >= 0.3 is 6.09 Å². The summed E-state index contributed by atoms with van der Waals surface area (Å²) in [7, 11) is -3.17. The fourth-order valence-electron chi connectivity index (χ4n) is 4.28. The molecule has 2 fully saturated rings. The Morgan fingerprint density at radius 3 is 2.52 bits per heavy atom. The molecule has 0 spiro atoms. The summed E-state index contributed by atoms with van der Waals surface area (Å²) in [6.45, 7) is 4.71. The van der Waals surface area contributed by atoms with Crippen molar-refractivity contribution in [3.05, 3.63) is 41.5 Å². The van der Waals surface area contributed by atoms with Crippen LogP contribution in [0.4, 0.5) is 4.79 Å². The van der Waals surface area contributed by atoms with Crippen LogP contribution in [-0.2, 0) is 10.0 Å². The number of hydrogen-bond acceptors (Lipinski definition) is 4. The number of likely N-dealkylation sites (tertiary alicyclic amines) is 1. The van der Waals surface area contributed by atoms with Crippen molar-refractivity contribution in [2.24, 2.45) is 5.92 Å². The van der Waals surface area contributed by atoms with Crippen LogP contribution in [0.1, 0.15) is 31.7 Å². The van der Waals surface area contributed by atoms with Gasteiger partial charge in [-0.25, -0.2) is 17.9 Å². The van der Waals surface area contributed by atoms with Gasteiger partial charge < -0.3 is 14.9 Å². The van der Waals surface area contributed by atoms with Crippen molar-refractivity contribution in [2.45, 2.75) is 38.3 Å². The Kier molecular flexibility index (Phi) is 6.97. The van der Waals surface area contributed by atoms with Crippen LogP contribution in [0, 0.1) is 5.92 Å². The van der Waals surface area contributed by atoms with E-state index in [9.17, 15) is 18.3 Å². The third kappa shape index (κ3) is 6.29. The van der Waals surface area contributed by atoms with Crippen LogP contribution in [0.3, 0.4) is 0 Å². The van der Waals surface area contributed by atoms with Gasteiger partial charge in [0, 0.05) is 44.2 Å². The number of sulfonamides is 1. The number of hydrogen-bond donors (Lipinski definition) is 2. The lowest BCUT2D eigenvalue weighted by atomic mass is 10.0. The lowest BCUT2D eigenvalue weighted by Crippen LogP contribution is -2.49. The Morgan fingerprint density at radius 2 is 1.93 bits per heavy atom. The van der Waals surface area contributed by atoms with Gasteiger partial charge in [-0.3, -0.25) is 0 Å². The van der Waals surface area contributed by atoms with Crippen molar-refractivity contribution in [3.63, 3.8) is 0 Å². The summed E-state index contributed by atoms with van der Waals surface area (Å²) in [5.74, 6) is 0.295. The largest absolute Gasteiger partial charge is 0.465 e. The molecule has 7 nitrogen and oxygen atoms in total. The van der Waals surface area contributed by atoms with Crippen molar-refractivity contribution in [1.29, 1.82) is 0 Å². The Labute approximate surface area is 173 Å². The molecule has 29 heavy (non-hydrogen) atoms. The monoisotopic (exact) mass is 421 g/mol. The maximum atomic E-state index is 12.0. The van der Waals surface area contributed by atoms with E-state index < -0.39 is 16.1 Å².